The SMILES string of the molecule is C=C(F)C(=O)N1CCN(c2nc(OCC34CCCN3CC(F)C4)nc3c(F)c(-c4ccc(F)c5sc(N)nc45)c(C(F)(F)F)cc23)CC1C. The van der Waals surface area contributed by atoms with E-state index in [2.05, 4.69) is 21.5 Å². The highest BCUT2D eigenvalue weighted by atomic mass is 32.1. The van der Waals surface area contributed by atoms with Gasteiger partial charge in [0.2, 0.25) is 0 Å². The minimum Gasteiger partial charge on any atom is -0.461 e. The van der Waals surface area contributed by atoms with Crippen molar-refractivity contribution in [3.05, 3.63) is 47.8 Å². The number of aromatic nitrogens is 3. The lowest BCUT2D eigenvalue weighted by atomic mass is 9.94. The molecule has 3 atom stereocenters. The van der Waals surface area contributed by atoms with E-state index in [9.17, 15) is 31.1 Å². The molecule has 0 saturated carbocycles. The second-order valence-electron chi connectivity index (χ2n) is 12.7. The Morgan fingerprint density at radius 2 is 1.92 bits per heavy atom. The number of alkyl halides is 4. The smallest absolute Gasteiger partial charge is 0.417 e. The topological polar surface area (TPSA) is 101 Å². The Balaban J connectivity index is 1.40. The standard InChI is InChI=1S/C32H30F7N7O2S/c1-15-12-44(8-9-46(15)28(47)16(2)33)27-19-10-20(32(37,38)39)22(18-4-5-21(35)26-25(18)41-29(40)49-26)23(36)24(19)42-30(43-27)48-14-31-6-3-7-45(31)13-17(34)11-31/h4-5,10,15,17H,2-3,6-9,11-14H2,1H3,(H2,40,41). The van der Waals surface area contributed by atoms with Crippen molar-refractivity contribution in [1.82, 2.24) is 24.8 Å². The Kier molecular flexibility index (Phi) is 8.12. The summed E-state index contributed by atoms with van der Waals surface area (Å²) in [5.74, 6) is -4.35. The van der Waals surface area contributed by atoms with Crippen LogP contribution in [0.5, 0.6) is 6.01 Å². The third kappa shape index (κ3) is 5.69. The number of anilines is 2. The molecule has 7 rings (SSSR count). The molecule has 0 spiro atoms. The Morgan fingerprint density at radius 1 is 1.14 bits per heavy atom. The number of fused-ring (bicyclic) bond motifs is 3. The second kappa shape index (κ2) is 12.0. The lowest BCUT2D eigenvalue weighted by molar-refractivity contribution is -0.137. The number of thiazole rings is 1. The highest BCUT2D eigenvalue weighted by molar-refractivity contribution is 7.22. The molecule has 3 aliphatic rings. The van der Waals surface area contributed by atoms with Crippen molar-refractivity contribution in [3.8, 4) is 17.1 Å². The number of nitrogen functional groups attached to an aromatic ring is 1. The summed E-state index contributed by atoms with van der Waals surface area (Å²) >= 11 is 0.712. The summed E-state index contributed by atoms with van der Waals surface area (Å²) in [6.07, 6.45) is -4.49. The Hall–Kier alpha value is -4.25. The Bertz CT molecular complexity index is 2010. The van der Waals surface area contributed by atoms with Crippen LogP contribution in [0.4, 0.5) is 41.7 Å². The monoisotopic (exact) mass is 709 g/mol. The molecule has 17 heteroatoms. The molecule has 0 aliphatic carbocycles. The van der Waals surface area contributed by atoms with E-state index in [1.807, 2.05) is 4.90 Å². The first kappa shape index (κ1) is 33.3. The van der Waals surface area contributed by atoms with E-state index in [1.165, 1.54) is 4.90 Å². The molecule has 2 aromatic carbocycles. The molecule has 9 nitrogen and oxygen atoms in total. The molecular weight excluding hydrogens is 679 g/mol. The summed E-state index contributed by atoms with van der Waals surface area (Å²) < 4.78 is 110. The van der Waals surface area contributed by atoms with Crippen molar-refractivity contribution in [2.75, 3.05) is 50.0 Å². The molecule has 2 N–H and O–H groups in total. The van der Waals surface area contributed by atoms with Gasteiger partial charge in [-0.3, -0.25) is 9.69 Å². The molecule has 1 amide bonds. The number of hydrogen-bond donors (Lipinski definition) is 1. The van der Waals surface area contributed by atoms with Gasteiger partial charge in [0, 0.05) is 55.2 Å². The molecule has 3 aliphatic heterocycles. The molecule has 0 bridgehead atoms. The van der Waals surface area contributed by atoms with Crippen LogP contribution in [-0.2, 0) is 11.0 Å². The van der Waals surface area contributed by atoms with Gasteiger partial charge >= 0.3 is 12.2 Å². The van der Waals surface area contributed by atoms with Crippen molar-refractivity contribution < 1.29 is 40.3 Å². The summed E-state index contributed by atoms with van der Waals surface area (Å²) in [7, 11) is 0. The molecule has 3 unspecified atom stereocenters. The third-order valence-electron chi connectivity index (χ3n) is 9.63. The van der Waals surface area contributed by atoms with Crippen molar-refractivity contribution in [1.29, 1.82) is 0 Å². The predicted molar refractivity (Wildman–Crippen MR) is 170 cm³/mol. The van der Waals surface area contributed by atoms with Crippen LogP contribution < -0.4 is 15.4 Å². The van der Waals surface area contributed by atoms with Crippen LogP contribution in [0.25, 0.3) is 32.2 Å². The predicted octanol–water partition coefficient (Wildman–Crippen LogP) is 6.26. The maximum absolute atomic E-state index is 16.9. The Labute approximate surface area is 279 Å². The van der Waals surface area contributed by atoms with E-state index in [0.717, 1.165) is 24.6 Å². The van der Waals surface area contributed by atoms with E-state index in [-0.39, 0.29) is 77.3 Å². The summed E-state index contributed by atoms with van der Waals surface area (Å²) in [5, 5.41) is -0.424. The number of carbonyl (C=O) groups is 1. The van der Waals surface area contributed by atoms with Gasteiger partial charge in [-0.1, -0.05) is 17.9 Å². The minimum atomic E-state index is -5.10. The molecular formula is C32H30F7N7O2S. The first-order chi connectivity index (χ1) is 23.2. The van der Waals surface area contributed by atoms with Crippen molar-refractivity contribution >= 4 is 49.3 Å². The summed E-state index contributed by atoms with van der Waals surface area (Å²) in [4.78, 5) is 29.9. The van der Waals surface area contributed by atoms with Crippen LogP contribution in [0.2, 0.25) is 0 Å². The van der Waals surface area contributed by atoms with E-state index in [0.29, 0.717) is 24.3 Å². The van der Waals surface area contributed by atoms with Crippen molar-refractivity contribution in [3.63, 3.8) is 0 Å². The summed E-state index contributed by atoms with van der Waals surface area (Å²) in [6, 6.07) is 1.67. The molecule has 3 saturated heterocycles. The van der Waals surface area contributed by atoms with Gasteiger partial charge in [-0.2, -0.15) is 23.1 Å². The molecule has 49 heavy (non-hydrogen) atoms. The summed E-state index contributed by atoms with van der Waals surface area (Å²) in [6.45, 7) is 5.51. The highest BCUT2D eigenvalue weighted by Crippen LogP contribution is 2.46. The Morgan fingerprint density at radius 3 is 2.63 bits per heavy atom. The molecule has 0 radical (unpaired) electrons. The maximum Gasteiger partial charge on any atom is 0.417 e. The van der Waals surface area contributed by atoms with Crippen LogP contribution in [0.1, 0.15) is 31.7 Å². The van der Waals surface area contributed by atoms with Gasteiger partial charge in [0.25, 0.3) is 5.91 Å². The minimum absolute atomic E-state index is 0.00241. The van der Waals surface area contributed by atoms with Gasteiger partial charge in [0.1, 0.15) is 29.9 Å². The highest BCUT2D eigenvalue weighted by Gasteiger charge is 2.49. The molecule has 4 aromatic rings. The fourth-order valence-corrected chi connectivity index (χ4v) is 8.20. The largest absolute Gasteiger partial charge is 0.461 e. The zero-order valence-electron chi connectivity index (χ0n) is 26.1. The normalized spacial score (nSPS) is 23.1. The number of carbonyl (C=O) groups excluding carboxylic acids is 1. The lowest BCUT2D eigenvalue weighted by Crippen LogP contribution is -2.54. The first-order valence-electron chi connectivity index (χ1n) is 15.6. The maximum atomic E-state index is 16.9. The van der Waals surface area contributed by atoms with Gasteiger partial charge < -0.3 is 20.3 Å². The van der Waals surface area contributed by atoms with E-state index in [1.54, 1.807) is 11.8 Å². The third-order valence-corrected chi connectivity index (χ3v) is 10.5. The fourth-order valence-electron chi connectivity index (χ4n) is 7.43. The van der Waals surface area contributed by atoms with Gasteiger partial charge in [-0.15, -0.1) is 0 Å². The second-order valence-corrected chi connectivity index (χ2v) is 13.8. The van der Waals surface area contributed by atoms with E-state index in [4.69, 9.17) is 10.5 Å². The zero-order valence-corrected chi connectivity index (χ0v) is 26.9. The number of ether oxygens (including phenoxy) is 1. The van der Waals surface area contributed by atoms with E-state index < -0.39 is 63.9 Å². The van der Waals surface area contributed by atoms with Crippen LogP contribution in [0.3, 0.4) is 0 Å². The number of benzene rings is 2. The zero-order chi connectivity index (χ0) is 35.0. The van der Waals surface area contributed by atoms with Crippen LogP contribution in [0, 0.1) is 11.6 Å². The van der Waals surface area contributed by atoms with Gasteiger partial charge in [-0.25, -0.2) is 22.5 Å². The van der Waals surface area contributed by atoms with Gasteiger partial charge in [-0.05, 0) is 44.5 Å². The van der Waals surface area contributed by atoms with Crippen molar-refractivity contribution in [2.45, 2.75) is 50.1 Å². The number of hydrogen-bond acceptors (Lipinski definition) is 9. The molecule has 260 valence electrons. The van der Waals surface area contributed by atoms with Crippen LogP contribution in [-0.4, -0.2) is 87.7 Å². The summed E-state index contributed by atoms with van der Waals surface area (Å²) in [5.41, 5.74) is 1.74. The number of halogens is 7. The van der Waals surface area contributed by atoms with E-state index >= 15 is 4.39 Å². The lowest BCUT2D eigenvalue weighted by Gasteiger charge is -2.40. The quantitative estimate of drug-likeness (QED) is 0.185. The fraction of sp³-hybridized carbons (Fsp3) is 0.438. The molecule has 2 aromatic heterocycles. The number of rotatable bonds is 6. The number of nitrogens with two attached hydrogens (primary N) is 1. The number of piperazine rings is 1. The number of amides is 1. The van der Waals surface area contributed by atoms with Gasteiger partial charge in [0.15, 0.2) is 16.8 Å². The molecule has 3 fully saturated rings. The van der Waals surface area contributed by atoms with Gasteiger partial charge in [0.05, 0.1) is 21.3 Å². The van der Waals surface area contributed by atoms with Crippen LogP contribution >= 0.6 is 11.3 Å². The average molecular weight is 710 g/mol. The van der Waals surface area contributed by atoms with Crippen LogP contribution in [0.15, 0.2) is 30.6 Å². The first-order valence-corrected chi connectivity index (χ1v) is 16.4. The number of nitrogens with zero attached hydrogens (tertiary/aromatic N) is 6. The average Bonchev–Trinajstić information content (AvgIpc) is 3.71. The molecule has 5 heterocycles. The van der Waals surface area contributed by atoms with Crippen molar-refractivity contribution in [2.24, 2.45) is 0 Å².